The SMILES string of the molecule is O=C(ON1CCOCC1)c1cc(=O)[nH]c(=O)[nH]1. The summed E-state index contributed by atoms with van der Waals surface area (Å²) in [5.74, 6) is -0.768. The third-order valence-corrected chi connectivity index (χ3v) is 2.16. The molecule has 1 aromatic heterocycles. The van der Waals surface area contributed by atoms with Crippen LogP contribution in [0.4, 0.5) is 0 Å². The van der Waals surface area contributed by atoms with Crippen molar-refractivity contribution >= 4 is 5.97 Å². The summed E-state index contributed by atoms with van der Waals surface area (Å²) >= 11 is 0. The van der Waals surface area contributed by atoms with Crippen LogP contribution in [0.15, 0.2) is 15.7 Å². The lowest BCUT2D eigenvalue weighted by Crippen LogP contribution is -2.38. The normalized spacial score (nSPS) is 16.7. The summed E-state index contributed by atoms with van der Waals surface area (Å²) in [6.07, 6.45) is 0. The predicted molar refractivity (Wildman–Crippen MR) is 55.5 cm³/mol. The van der Waals surface area contributed by atoms with Crippen molar-refractivity contribution in [3.05, 3.63) is 32.6 Å². The van der Waals surface area contributed by atoms with Gasteiger partial charge in [-0.3, -0.25) is 9.78 Å². The molecule has 2 heterocycles. The first-order chi connectivity index (χ1) is 8.15. The zero-order chi connectivity index (χ0) is 12.3. The van der Waals surface area contributed by atoms with Gasteiger partial charge in [-0.2, -0.15) is 0 Å². The van der Waals surface area contributed by atoms with Crippen LogP contribution in [0.2, 0.25) is 0 Å². The van der Waals surface area contributed by atoms with Gasteiger partial charge in [-0.05, 0) is 0 Å². The average Bonchev–Trinajstić information content (AvgIpc) is 2.29. The molecule has 0 saturated carbocycles. The lowest BCUT2D eigenvalue weighted by atomic mass is 10.4. The van der Waals surface area contributed by atoms with E-state index in [1.807, 2.05) is 4.98 Å². The second kappa shape index (κ2) is 4.93. The van der Waals surface area contributed by atoms with Gasteiger partial charge in [0, 0.05) is 6.07 Å². The molecule has 0 spiro atoms. The Morgan fingerprint density at radius 1 is 1.29 bits per heavy atom. The van der Waals surface area contributed by atoms with Crippen molar-refractivity contribution in [3.63, 3.8) is 0 Å². The van der Waals surface area contributed by atoms with Crippen LogP contribution >= 0.6 is 0 Å². The van der Waals surface area contributed by atoms with Crippen molar-refractivity contribution in [2.45, 2.75) is 0 Å². The minimum absolute atomic E-state index is 0.176. The van der Waals surface area contributed by atoms with Crippen molar-refractivity contribution in [3.8, 4) is 0 Å². The molecule has 0 atom stereocenters. The quantitative estimate of drug-likeness (QED) is 0.650. The van der Waals surface area contributed by atoms with Crippen LogP contribution in [0.3, 0.4) is 0 Å². The molecule has 1 aromatic rings. The van der Waals surface area contributed by atoms with Crippen LogP contribution in [0.1, 0.15) is 10.5 Å². The first kappa shape index (κ1) is 11.6. The zero-order valence-corrected chi connectivity index (χ0v) is 8.89. The number of morpholine rings is 1. The van der Waals surface area contributed by atoms with Gasteiger partial charge in [0.2, 0.25) is 0 Å². The molecular weight excluding hydrogens is 230 g/mol. The van der Waals surface area contributed by atoms with Gasteiger partial charge < -0.3 is 14.6 Å². The second-order valence-corrected chi connectivity index (χ2v) is 3.42. The Labute approximate surface area is 95.1 Å². The topological polar surface area (TPSA) is 104 Å². The van der Waals surface area contributed by atoms with Crippen LogP contribution < -0.4 is 11.2 Å². The molecule has 92 valence electrons. The minimum atomic E-state index is -0.768. The number of carbonyl (C=O) groups is 1. The van der Waals surface area contributed by atoms with Crippen molar-refractivity contribution in [1.29, 1.82) is 0 Å². The molecule has 17 heavy (non-hydrogen) atoms. The van der Waals surface area contributed by atoms with Crippen LogP contribution in [-0.4, -0.2) is 47.3 Å². The largest absolute Gasteiger partial charge is 0.379 e. The summed E-state index contributed by atoms with van der Waals surface area (Å²) in [5, 5.41) is 1.42. The molecule has 8 heteroatoms. The Hall–Kier alpha value is -1.93. The van der Waals surface area contributed by atoms with Gasteiger partial charge >= 0.3 is 11.7 Å². The van der Waals surface area contributed by atoms with Crippen molar-refractivity contribution in [1.82, 2.24) is 15.0 Å². The monoisotopic (exact) mass is 241 g/mol. The highest BCUT2D eigenvalue weighted by Crippen LogP contribution is 2.01. The summed E-state index contributed by atoms with van der Waals surface area (Å²) in [6, 6.07) is 0.976. The number of ether oxygens (including phenoxy) is 1. The fourth-order valence-electron chi connectivity index (χ4n) is 1.38. The number of aromatic amines is 2. The summed E-state index contributed by atoms with van der Waals surface area (Å²) in [6.45, 7) is 1.86. The van der Waals surface area contributed by atoms with Crippen LogP contribution in [0.25, 0.3) is 0 Å². The van der Waals surface area contributed by atoms with Crippen molar-refractivity contribution in [2.75, 3.05) is 26.3 Å². The van der Waals surface area contributed by atoms with Gasteiger partial charge in [0.05, 0.1) is 26.3 Å². The van der Waals surface area contributed by atoms with E-state index in [1.54, 1.807) is 0 Å². The molecule has 0 aliphatic carbocycles. The number of rotatable bonds is 2. The van der Waals surface area contributed by atoms with Gasteiger partial charge in [0.25, 0.3) is 5.56 Å². The predicted octanol–water partition coefficient (Wildman–Crippen LogP) is -1.53. The minimum Gasteiger partial charge on any atom is -0.379 e. The molecule has 1 saturated heterocycles. The Kier molecular flexibility index (Phi) is 3.35. The van der Waals surface area contributed by atoms with Crippen molar-refractivity contribution in [2.24, 2.45) is 0 Å². The van der Waals surface area contributed by atoms with E-state index >= 15 is 0 Å². The highest BCUT2D eigenvalue weighted by molar-refractivity contribution is 5.86. The molecule has 0 unspecified atom stereocenters. The van der Waals surface area contributed by atoms with Crippen molar-refractivity contribution < 1.29 is 14.4 Å². The van der Waals surface area contributed by atoms with E-state index in [0.717, 1.165) is 6.07 Å². The Bertz CT molecular complexity index is 486. The first-order valence-electron chi connectivity index (χ1n) is 5.04. The molecule has 2 rings (SSSR count). The first-order valence-corrected chi connectivity index (χ1v) is 5.04. The standard InChI is InChI=1S/C9H11N3O5/c13-7-5-6(10-9(15)11-7)8(14)17-12-1-3-16-4-2-12/h5H,1-4H2,(H2,10,11,13,15). The number of H-pyrrole nitrogens is 2. The van der Waals surface area contributed by atoms with E-state index in [9.17, 15) is 14.4 Å². The zero-order valence-electron chi connectivity index (χ0n) is 8.89. The van der Waals surface area contributed by atoms with Gasteiger partial charge in [-0.1, -0.05) is 0 Å². The number of hydrogen-bond acceptors (Lipinski definition) is 6. The number of hydroxylamine groups is 2. The van der Waals surface area contributed by atoms with Gasteiger partial charge in [0.15, 0.2) is 0 Å². The van der Waals surface area contributed by atoms with Gasteiger partial charge in [-0.25, -0.2) is 9.59 Å². The molecule has 0 aromatic carbocycles. The smallest absolute Gasteiger partial charge is 0.373 e. The van der Waals surface area contributed by atoms with E-state index in [2.05, 4.69) is 4.98 Å². The van der Waals surface area contributed by atoms with Crippen LogP contribution in [0.5, 0.6) is 0 Å². The third-order valence-electron chi connectivity index (χ3n) is 2.16. The van der Waals surface area contributed by atoms with E-state index in [0.29, 0.717) is 26.3 Å². The summed E-state index contributed by atoms with van der Waals surface area (Å²) in [4.78, 5) is 42.7. The van der Waals surface area contributed by atoms with E-state index in [-0.39, 0.29) is 5.69 Å². The van der Waals surface area contributed by atoms with Gasteiger partial charge in [-0.15, -0.1) is 5.06 Å². The molecule has 1 aliphatic heterocycles. The lowest BCUT2D eigenvalue weighted by molar-refractivity contribution is -0.151. The Morgan fingerprint density at radius 2 is 2.00 bits per heavy atom. The highest BCUT2D eigenvalue weighted by atomic mass is 16.7. The lowest BCUT2D eigenvalue weighted by Gasteiger charge is -2.24. The molecule has 2 N–H and O–H groups in total. The number of nitrogens with zero attached hydrogens (tertiary/aromatic N) is 1. The van der Waals surface area contributed by atoms with Gasteiger partial charge in [0.1, 0.15) is 5.69 Å². The molecule has 1 aliphatic rings. The fourth-order valence-corrected chi connectivity index (χ4v) is 1.38. The average molecular weight is 241 g/mol. The van der Waals surface area contributed by atoms with E-state index in [1.165, 1.54) is 5.06 Å². The number of carbonyl (C=O) groups excluding carboxylic acids is 1. The molecule has 1 fully saturated rings. The highest BCUT2D eigenvalue weighted by Gasteiger charge is 2.17. The maximum absolute atomic E-state index is 11.6. The maximum atomic E-state index is 11.6. The number of hydrogen-bond donors (Lipinski definition) is 2. The summed E-state index contributed by atoms with van der Waals surface area (Å²) < 4.78 is 5.08. The summed E-state index contributed by atoms with van der Waals surface area (Å²) in [5.41, 5.74) is -1.57. The third kappa shape index (κ3) is 3.02. The van der Waals surface area contributed by atoms with Crippen LogP contribution in [-0.2, 0) is 9.57 Å². The van der Waals surface area contributed by atoms with E-state index in [4.69, 9.17) is 9.57 Å². The number of nitrogens with one attached hydrogen (secondary N) is 2. The maximum Gasteiger partial charge on any atom is 0.373 e. The number of aromatic nitrogens is 2. The Balaban J connectivity index is 2.08. The molecule has 8 nitrogen and oxygen atoms in total. The Morgan fingerprint density at radius 3 is 2.65 bits per heavy atom. The molecule has 0 bridgehead atoms. The van der Waals surface area contributed by atoms with E-state index < -0.39 is 17.2 Å². The summed E-state index contributed by atoms with van der Waals surface area (Å²) in [7, 11) is 0. The molecule has 0 amide bonds. The second-order valence-electron chi connectivity index (χ2n) is 3.42. The van der Waals surface area contributed by atoms with Crippen LogP contribution in [0, 0.1) is 0 Å². The molecule has 0 radical (unpaired) electrons. The molecular formula is C9H11N3O5. The fraction of sp³-hybridized carbons (Fsp3) is 0.444.